The van der Waals surface area contributed by atoms with Crippen LogP contribution < -0.4 is 20.3 Å². The van der Waals surface area contributed by atoms with E-state index in [0.29, 0.717) is 55.0 Å². The van der Waals surface area contributed by atoms with E-state index < -0.39 is 15.2 Å². The number of ether oxygens (including phenoxy) is 3. The van der Waals surface area contributed by atoms with E-state index in [2.05, 4.69) is 30.1 Å². The molecular formula is C43H49BClN3O6Si. The molecule has 0 unspecified atom stereocenters. The summed E-state index contributed by atoms with van der Waals surface area (Å²) >= 11 is 6.78. The van der Waals surface area contributed by atoms with Crippen LogP contribution in [0.15, 0.2) is 121 Å². The van der Waals surface area contributed by atoms with E-state index in [1.54, 1.807) is 28.9 Å². The van der Waals surface area contributed by atoms with Gasteiger partial charge in [0.1, 0.15) is 31.4 Å². The summed E-state index contributed by atoms with van der Waals surface area (Å²) in [5.41, 5.74) is 5.30. The summed E-state index contributed by atoms with van der Waals surface area (Å²) < 4.78 is 19.2. The maximum Gasteiger partial charge on any atom is 0.488 e. The number of anilines is 1. The van der Waals surface area contributed by atoms with E-state index in [1.165, 1.54) is 0 Å². The molecule has 1 heterocycles. The zero-order chi connectivity index (χ0) is 39.2. The number of nitrogens with zero attached hydrogens (tertiary/aromatic N) is 2. The van der Waals surface area contributed by atoms with E-state index >= 15 is 0 Å². The fourth-order valence-electron chi connectivity index (χ4n) is 5.51. The lowest BCUT2D eigenvalue weighted by Crippen LogP contribution is -2.29. The third-order valence-corrected chi connectivity index (χ3v) is 10.6. The van der Waals surface area contributed by atoms with Crippen LogP contribution >= 0.6 is 11.6 Å². The molecule has 0 radical (unpaired) electrons. The summed E-state index contributed by atoms with van der Waals surface area (Å²) in [6.07, 6.45) is 1.20. The van der Waals surface area contributed by atoms with Gasteiger partial charge in [-0.05, 0) is 71.0 Å². The SMILES string of the molecule is CCCC(=O)Nc1nn(COCC[Si](C)(C)C)c2cc(Cl)c(-c3ccc(OCc4ccccc4)cc3)cc12.OB(O)c1ccc(OCc2ccccc2)cc1. The number of aromatic nitrogens is 2. The van der Waals surface area contributed by atoms with Crippen LogP contribution in [-0.4, -0.2) is 47.5 Å². The Morgan fingerprint density at radius 3 is 1.91 bits per heavy atom. The first-order valence-electron chi connectivity index (χ1n) is 18.5. The molecule has 0 fully saturated rings. The number of rotatable bonds is 16. The molecule has 6 aromatic rings. The summed E-state index contributed by atoms with van der Waals surface area (Å²) in [6.45, 7) is 10.9. The van der Waals surface area contributed by atoms with Crippen molar-refractivity contribution in [2.75, 3.05) is 11.9 Å². The average Bonchev–Trinajstić information content (AvgIpc) is 3.50. The monoisotopic (exact) mass is 777 g/mol. The van der Waals surface area contributed by atoms with Crippen molar-refractivity contribution >= 4 is 54.9 Å². The van der Waals surface area contributed by atoms with E-state index in [9.17, 15) is 4.79 Å². The number of carbonyl (C=O) groups is 1. The zero-order valence-corrected chi connectivity index (χ0v) is 33.6. The second kappa shape index (κ2) is 20.1. The van der Waals surface area contributed by atoms with Crippen LogP contribution in [-0.2, 0) is 29.5 Å². The molecule has 12 heteroatoms. The van der Waals surface area contributed by atoms with Crippen molar-refractivity contribution in [3.05, 3.63) is 137 Å². The van der Waals surface area contributed by atoms with Crippen LogP contribution in [0.2, 0.25) is 30.7 Å². The van der Waals surface area contributed by atoms with Crippen LogP contribution in [0.4, 0.5) is 5.82 Å². The summed E-state index contributed by atoms with van der Waals surface area (Å²) in [5, 5.41) is 27.0. The van der Waals surface area contributed by atoms with Crippen molar-refractivity contribution < 1.29 is 29.1 Å². The molecule has 0 saturated carbocycles. The Balaban J connectivity index is 0.000000284. The lowest BCUT2D eigenvalue weighted by atomic mass is 9.80. The predicted molar refractivity (Wildman–Crippen MR) is 226 cm³/mol. The number of halogens is 1. The summed E-state index contributed by atoms with van der Waals surface area (Å²) in [4.78, 5) is 12.4. The minimum absolute atomic E-state index is 0.0601. The highest BCUT2D eigenvalue weighted by molar-refractivity contribution is 6.76. The van der Waals surface area contributed by atoms with Gasteiger partial charge in [0.2, 0.25) is 5.91 Å². The highest BCUT2D eigenvalue weighted by Crippen LogP contribution is 2.36. The molecule has 6 rings (SSSR count). The minimum atomic E-state index is -1.43. The largest absolute Gasteiger partial charge is 0.489 e. The zero-order valence-electron chi connectivity index (χ0n) is 31.9. The predicted octanol–water partition coefficient (Wildman–Crippen LogP) is 8.93. The Kier molecular flexibility index (Phi) is 15.1. The minimum Gasteiger partial charge on any atom is -0.489 e. The molecule has 55 heavy (non-hydrogen) atoms. The third kappa shape index (κ3) is 12.8. The third-order valence-electron chi connectivity index (χ3n) is 8.62. The van der Waals surface area contributed by atoms with Gasteiger partial charge in [-0.3, -0.25) is 4.79 Å². The molecule has 0 aliphatic heterocycles. The van der Waals surface area contributed by atoms with E-state index in [4.69, 9.17) is 35.9 Å². The Hall–Kier alpha value is -4.91. The maximum absolute atomic E-state index is 12.4. The maximum atomic E-state index is 12.4. The molecule has 3 N–H and O–H groups in total. The fourth-order valence-corrected chi connectivity index (χ4v) is 6.53. The van der Waals surface area contributed by atoms with Gasteiger partial charge >= 0.3 is 7.12 Å². The Bertz CT molecular complexity index is 2090. The lowest BCUT2D eigenvalue weighted by molar-refractivity contribution is -0.116. The van der Waals surface area contributed by atoms with E-state index in [1.807, 2.05) is 104 Å². The van der Waals surface area contributed by atoms with Gasteiger partial charge in [-0.1, -0.05) is 123 Å². The topological polar surface area (TPSA) is 115 Å². The number of hydrogen-bond donors (Lipinski definition) is 3. The van der Waals surface area contributed by atoms with Crippen molar-refractivity contribution in [3.8, 4) is 22.6 Å². The van der Waals surface area contributed by atoms with Gasteiger partial charge in [-0.2, -0.15) is 5.10 Å². The summed E-state index contributed by atoms with van der Waals surface area (Å²) in [6, 6.07) is 39.5. The van der Waals surface area contributed by atoms with Crippen LogP contribution in [0.25, 0.3) is 22.0 Å². The number of nitrogens with one attached hydrogen (secondary N) is 1. The molecule has 0 spiro atoms. The van der Waals surface area contributed by atoms with Crippen molar-refractivity contribution in [3.63, 3.8) is 0 Å². The average molecular weight is 778 g/mol. The fraction of sp³-hybridized carbons (Fsp3) is 0.256. The summed E-state index contributed by atoms with van der Waals surface area (Å²) in [7, 11) is -2.63. The number of fused-ring (bicyclic) bond motifs is 1. The van der Waals surface area contributed by atoms with Crippen molar-refractivity contribution in [1.82, 2.24) is 9.78 Å². The Morgan fingerprint density at radius 2 is 1.38 bits per heavy atom. The normalized spacial score (nSPS) is 11.1. The highest BCUT2D eigenvalue weighted by Gasteiger charge is 2.18. The van der Waals surface area contributed by atoms with Gasteiger partial charge in [-0.25, -0.2) is 4.68 Å². The van der Waals surface area contributed by atoms with Crippen LogP contribution in [0, 0.1) is 0 Å². The Morgan fingerprint density at radius 1 is 0.818 bits per heavy atom. The molecule has 286 valence electrons. The van der Waals surface area contributed by atoms with Crippen LogP contribution in [0.3, 0.4) is 0 Å². The van der Waals surface area contributed by atoms with Gasteiger partial charge in [0, 0.05) is 32.1 Å². The molecule has 1 aromatic heterocycles. The van der Waals surface area contributed by atoms with E-state index in [0.717, 1.165) is 51.4 Å². The smallest absolute Gasteiger partial charge is 0.488 e. The molecular weight excluding hydrogens is 729 g/mol. The number of hydrogen-bond acceptors (Lipinski definition) is 7. The molecule has 0 aliphatic carbocycles. The Labute approximate surface area is 330 Å². The molecule has 0 aliphatic rings. The van der Waals surface area contributed by atoms with Crippen molar-refractivity contribution in [2.45, 2.75) is 65.4 Å². The molecule has 0 bridgehead atoms. The van der Waals surface area contributed by atoms with Crippen molar-refractivity contribution in [1.29, 1.82) is 0 Å². The highest BCUT2D eigenvalue weighted by atomic mass is 35.5. The van der Waals surface area contributed by atoms with Gasteiger partial charge in [0.15, 0.2) is 5.82 Å². The standard InChI is InChI=1S/C30H36ClN3O3Si.C13H13BO3/c1-5-9-29(35)32-30-26-18-25(23-12-14-24(15-13-23)37-20-22-10-7-6-8-11-22)27(31)19-28(26)34(33-30)21-36-16-17-38(2,3)4;15-14(16)12-6-8-13(9-7-12)17-10-11-4-2-1-3-5-11/h6-8,10-15,18-19H,5,9,16-17,20-21H2,1-4H3,(H,32,33,35);1-9,15-16H,10H2. The second-order valence-corrected chi connectivity index (χ2v) is 20.4. The lowest BCUT2D eigenvalue weighted by Gasteiger charge is -2.15. The molecule has 0 saturated heterocycles. The van der Waals surface area contributed by atoms with Gasteiger partial charge in [0.05, 0.1) is 10.5 Å². The first-order valence-corrected chi connectivity index (χ1v) is 22.5. The molecule has 0 atom stereocenters. The molecule has 1 amide bonds. The van der Waals surface area contributed by atoms with Crippen LogP contribution in [0.1, 0.15) is 30.9 Å². The van der Waals surface area contributed by atoms with Gasteiger partial charge in [-0.15, -0.1) is 0 Å². The van der Waals surface area contributed by atoms with Gasteiger partial charge in [0.25, 0.3) is 0 Å². The van der Waals surface area contributed by atoms with E-state index in [-0.39, 0.29) is 5.91 Å². The first-order chi connectivity index (χ1) is 26.5. The second-order valence-electron chi connectivity index (χ2n) is 14.4. The number of carbonyl (C=O) groups excluding carboxylic acids is 1. The summed E-state index contributed by atoms with van der Waals surface area (Å²) in [5.74, 6) is 1.95. The quantitative estimate of drug-likeness (QED) is 0.0664. The number of amides is 1. The van der Waals surface area contributed by atoms with Crippen molar-refractivity contribution in [2.24, 2.45) is 0 Å². The molecule has 9 nitrogen and oxygen atoms in total. The van der Waals surface area contributed by atoms with Gasteiger partial charge < -0.3 is 29.6 Å². The molecule has 5 aromatic carbocycles. The first kappa shape index (κ1) is 41.3. The van der Waals surface area contributed by atoms with Crippen LogP contribution in [0.5, 0.6) is 11.5 Å². The number of benzene rings is 5.